The van der Waals surface area contributed by atoms with Crippen molar-refractivity contribution in [3.05, 3.63) is 60.2 Å². The van der Waals surface area contributed by atoms with Crippen molar-refractivity contribution < 1.29 is 28.6 Å². The Kier molecular flexibility index (Phi) is 25.7. The van der Waals surface area contributed by atoms with Crippen LogP contribution < -0.4 is 5.32 Å². The predicted octanol–water partition coefficient (Wildman–Crippen LogP) is 6.22. The first-order valence-corrected chi connectivity index (χ1v) is 18.1. The molecule has 0 saturated carbocycles. The van der Waals surface area contributed by atoms with Gasteiger partial charge in [0, 0.05) is 38.8 Å². The summed E-state index contributed by atoms with van der Waals surface area (Å²) in [6, 6.07) is 9.99. The zero-order valence-corrected chi connectivity index (χ0v) is 30.5. The quantitative estimate of drug-likeness (QED) is 0.0482. The number of nitrogens with one attached hydrogen (secondary N) is 1. The number of rotatable bonds is 28. The van der Waals surface area contributed by atoms with Gasteiger partial charge in [0.05, 0.1) is 26.3 Å². The zero-order chi connectivity index (χ0) is 35.2. The lowest BCUT2D eigenvalue weighted by atomic mass is 10.1. The molecule has 1 N–H and O–H groups in total. The number of carbonyl (C=O) groups is 3. The van der Waals surface area contributed by atoms with E-state index in [2.05, 4.69) is 60.2 Å². The molecule has 0 radical (unpaired) electrons. The first-order valence-electron chi connectivity index (χ1n) is 18.1. The lowest BCUT2D eigenvalue weighted by molar-refractivity contribution is -0.148. The summed E-state index contributed by atoms with van der Waals surface area (Å²) >= 11 is 0. The van der Waals surface area contributed by atoms with Crippen molar-refractivity contribution in [2.45, 2.75) is 92.2 Å². The van der Waals surface area contributed by atoms with Crippen LogP contribution in [0.3, 0.4) is 0 Å². The lowest BCUT2D eigenvalue weighted by Gasteiger charge is -2.34. The Morgan fingerprint density at radius 2 is 1.33 bits per heavy atom. The highest BCUT2D eigenvalue weighted by Crippen LogP contribution is 2.12. The third-order valence-corrected chi connectivity index (χ3v) is 7.86. The minimum absolute atomic E-state index is 0.0637. The van der Waals surface area contributed by atoms with Crippen LogP contribution in [0.4, 0.5) is 4.79 Å². The summed E-state index contributed by atoms with van der Waals surface area (Å²) in [6.45, 7) is 17.2. The highest BCUT2D eigenvalue weighted by molar-refractivity contribution is 5.75. The molecule has 10 nitrogen and oxygen atoms in total. The first kappa shape index (κ1) is 42.8. The van der Waals surface area contributed by atoms with Gasteiger partial charge in [0.1, 0.15) is 6.61 Å². The highest BCUT2D eigenvalue weighted by Gasteiger charge is 2.21. The van der Waals surface area contributed by atoms with Crippen molar-refractivity contribution in [3.63, 3.8) is 0 Å². The number of hydrogen-bond acceptors (Lipinski definition) is 9. The molecule has 10 heteroatoms. The van der Waals surface area contributed by atoms with Gasteiger partial charge in [-0.25, -0.2) is 4.79 Å². The Hall–Kier alpha value is -3.21. The standard InChI is InChI=1S/C38H64N4O6/c1-6-25-40(26-7-2)27-29-42(30-28-41(31-36(43)46-9-4)32-37(44)47-10-5)35(8-3)23-19-14-12-11-13-15-20-24-39-38(45)48-33-34-21-17-16-18-22-34/h11-12,14,16-19,21-22,35H,6-10,13,15,20,23-33H2,1-5H3,(H,39,45). The molecule has 0 heterocycles. The summed E-state index contributed by atoms with van der Waals surface area (Å²) < 4.78 is 15.6. The monoisotopic (exact) mass is 672 g/mol. The van der Waals surface area contributed by atoms with E-state index in [-0.39, 0.29) is 37.7 Å². The van der Waals surface area contributed by atoms with Crippen LogP contribution in [0.25, 0.3) is 0 Å². The third kappa shape index (κ3) is 21.6. The molecule has 0 saturated heterocycles. The molecule has 0 aliphatic carbocycles. The van der Waals surface area contributed by atoms with Gasteiger partial charge < -0.3 is 24.4 Å². The Labute approximate surface area is 290 Å². The van der Waals surface area contributed by atoms with Crippen LogP contribution in [0.2, 0.25) is 0 Å². The molecule has 272 valence electrons. The maximum absolute atomic E-state index is 12.3. The molecule has 0 aliphatic rings. The van der Waals surface area contributed by atoms with Crippen LogP contribution in [-0.2, 0) is 30.4 Å². The van der Waals surface area contributed by atoms with Crippen molar-refractivity contribution in [1.29, 1.82) is 0 Å². The molecule has 1 unspecified atom stereocenters. The molecule has 0 bridgehead atoms. The number of allylic oxidation sites excluding steroid dienone is 3. The van der Waals surface area contributed by atoms with Crippen molar-refractivity contribution >= 4 is 18.0 Å². The summed E-state index contributed by atoms with van der Waals surface area (Å²) in [4.78, 5) is 43.4. The van der Waals surface area contributed by atoms with Crippen LogP contribution in [-0.4, -0.2) is 111 Å². The van der Waals surface area contributed by atoms with E-state index in [1.165, 1.54) is 0 Å². The molecule has 1 atom stereocenters. The van der Waals surface area contributed by atoms with Gasteiger partial charge >= 0.3 is 18.0 Å². The second-order valence-electron chi connectivity index (χ2n) is 11.8. The fraction of sp³-hybridized carbons (Fsp3) is 0.658. The van der Waals surface area contributed by atoms with E-state index in [1.807, 2.05) is 35.2 Å². The molecule has 48 heavy (non-hydrogen) atoms. The average molecular weight is 673 g/mol. The number of unbranched alkanes of at least 4 members (excludes halogenated alkanes) is 2. The molecule has 0 aromatic heterocycles. The Morgan fingerprint density at radius 3 is 1.92 bits per heavy atom. The summed E-state index contributed by atoms with van der Waals surface area (Å²) in [5, 5.41) is 2.82. The van der Waals surface area contributed by atoms with E-state index < -0.39 is 0 Å². The number of carbonyl (C=O) groups excluding carboxylic acids is 3. The number of hydrogen-bond donors (Lipinski definition) is 1. The summed E-state index contributed by atoms with van der Waals surface area (Å²) in [5.41, 5.74) is 0.970. The molecule has 1 amide bonds. The molecular formula is C38H64N4O6. The molecule has 0 fully saturated rings. The van der Waals surface area contributed by atoms with Crippen molar-refractivity contribution in [1.82, 2.24) is 20.0 Å². The Bertz CT molecular complexity index is 1010. The fourth-order valence-electron chi connectivity index (χ4n) is 5.39. The van der Waals surface area contributed by atoms with E-state index >= 15 is 0 Å². The second-order valence-corrected chi connectivity index (χ2v) is 11.8. The van der Waals surface area contributed by atoms with E-state index in [1.54, 1.807) is 13.8 Å². The van der Waals surface area contributed by atoms with Gasteiger partial charge in [-0.2, -0.15) is 0 Å². The summed E-state index contributed by atoms with van der Waals surface area (Å²) in [6.07, 6.45) is 15.2. The lowest BCUT2D eigenvalue weighted by Crippen LogP contribution is -2.46. The van der Waals surface area contributed by atoms with E-state index in [9.17, 15) is 14.4 Å². The van der Waals surface area contributed by atoms with E-state index in [0.717, 1.165) is 83.2 Å². The normalized spacial score (nSPS) is 12.3. The number of benzene rings is 1. The number of amides is 1. The van der Waals surface area contributed by atoms with Gasteiger partial charge in [-0.3, -0.25) is 19.4 Å². The summed E-state index contributed by atoms with van der Waals surface area (Å²) in [5.74, 6) is -0.658. The molecular weight excluding hydrogens is 608 g/mol. The van der Waals surface area contributed by atoms with Crippen molar-refractivity contribution in [2.75, 3.05) is 72.1 Å². The van der Waals surface area contributed by atoms with Crippen LogP contribution in [0.15, 0.2) is 54.6 Å². The molecule has 1 aromatic carbocycles. The molecule has 1 rings (SSSR count). The second kappa shape index (κ2) is 28.8. The highest BCUT2D eigenvalue weighted by atomic mass is 16.5. The van der Waals surface area contributed by atoms with Gasteiger partial charge in [0.2, 0.25) is 0 Å². The predicted molar refractivity (Wildman–Crippen MR) is 194 cm³/mol. The molecule has 1 aromatic rings. The molecule has 0 spiro atoms. The van der Waals surface area contributed by atoms with Crippen LogP contribution in [0.1, 0.15) is 85.1 Å². The van der Waals surface area contributed by atoms with Gasteiger partial charge in [0.15, 0.2) is 0 Å². The smallest absolute Gasteiger partial charge is 0.407 e. The number of ether oxygens (including phenoxy) is 3. The van der Waals surface area contributed by atoms with Crippen molar-refractivity contribution in [3.8, 4) is 0 Å². The van der Waals surface area contributed by atoms with Gasteiger partial charge in [0.25, 0.3) is 0 Å². The Balaban J connectivity index is 2.64. The maximum atomic E-state index is 12.3. The van der Waals surface area contributed by atoms with Crippen LogP contribution in [0.5, 0.6) is 0 Å². The first-order chi connectivity index (χ1) is 23.4. The topological polar surface area (TPSA) is 101 Å². The SMILES string of the molecule is CCCN(CCC)CCN(CCN(CC(=O)OCC)CC(=O)OCC)C(CC)CC=CC=CCCCCNC(=O)OCc1ccccc1. The van der Waals surface area contributed by atoms with Crippen LogP contribution >= 0.6 is 0 Å². The number of esters is 2. The number of nitrogens with zero attached hydrogens (tertiary/aromatic N) is 3. The minimum Gasteiger partial charge on any atom is -0.465 e. The van der Waals surface area contributed by atoms with E-state index in [0.29, 0.717) is 32.3 Å². The molecule has 0 aliphatic heterocycles. The van der Waals surface area contributed by atoms with Gasteiger partial charge in [-0.05, 0) is 77.4 Å². The number of alkyl carbamates (subject to hydrolysis) is 1. The Morgan fingerprint density at radius 1 is 0.729 bits per heavy atom. The minimum atomic E-state index is -0.383. The maximum Gasteiger partial charge on any atom is 0.407 e. The fourth-order valence-corrected chi connectivity index (χ4v) is 5.39. The van der Waals surface area contributed by atoms with Crippen molar-refractivity contribution in [2.24, 2.45) is 0 Å². The largest absolute Gasteiger partial charge is 0.465 e. The summed E-state index contributed by atoms with van der Waals surface area (Å²) in [7, 11) is 0. The zero-order valence-electron chi connectivity index (χ0n) is 30.5. The average Bonchev–Trinajstić information content (AvgIpc) is 3.07. The van der Waals surface area contributed by atoms with Crippen LogP contribution in [0, 0.1) is 0 Å². The van der Waals surface area contributed by atoms with Gasteiger partial charge in [-0.15, -0.1) is 0 Å². The van der Waals surface area contributed by atoms with E-state index in [4.69, 9.17) is 14.2 Å². The van der Waals surface area contributed by atoms with Gasteiger partial charge in [-0.1, -0.05) is 75.4 Å². The third-order valence-electron chi connectivity index (χ3n) is 7.86.